The molecule has 0 bridgehead atoms. The molecular formula is C18H22BClF4O3. The first-order valence-electron chi connectivity index (χ1n) is 8.47. The summed E-state index contributed by atoms with van der Waals surface area (Å²) in [6.45, 7) is 5.43. The van der Waals surface area contributed by atoms with E-state index in [9.17, 15) is 13.2 Å². The van der Waals surface area contributed by atoms with Gasteiger partial charge in [-0.25, -0.2) is 4.39 Å². The molecular weight excluding hydrogens is 386 g/mol. The molecule has 0 atom stereocenters. The summed E-state index contributed by atoms with van der Waals surface area (Å²) < 4.78 is 68.1. The first-order valence-corrected chi connectivity index (χ1v) is 8.85. The van der Waals surface area contributed by atoms with Gasteiger partial charge in [-0.2, -0.15) is 13.2 Å². The molecule has 1 fully saturated rings. The third kappa shape index (κ3) is 5.70. The molecule has 1 aromatic rings. The van der Waals surface area contributed by atoms with Crippen molar-refractivity contribution in [2.24, 2.45) is 0 Å². The van der Waals surface area contributed by atoms with E-state index in [2.05, 4.69) is 4.74 Å². The van der Waals surface area contributed by atoms with Gasteiger partial charge in [-0.05, 0) is 57.4 Å². The zero-order valence-corrected chi connectivity index (χ0v) is 16.4. The van der Waals surface area contributed by atoms with Crippen LogP contribution in [0.3, 0.4) is 0 Å². The van der Waals surface area contributed by atoms with Crippen molar-refractivity contribution in [2.75, 3.05) is 13.2 Å². The van der Waals surface area contributed by atoms with Crippen LogP contribution in [0.2, 0.25) is 5.02 Å². The summed E-state index contributed by atoms with van der Waals surface area (Å²) in [5.74, 6) is 0. The summed E-state index contributed by atoms with van der Waals surface area (Å²) in [6, 6.07) is 6.41. The molecule has 2 rings (SSSR count). The zero-order valence-electron chi connectivity index (χ0n) is 15.6. The van der Waals surface area contributed by atoms with Crippen LogP contribution in [0.5, 0.6) is 0 Å². The van der Waals surface area contributed by atoms with Gasteiger partial charge in [0.15, 0.2) is 0 Å². The Labute approximate surface area is 161 Å². The molecule has 1 aliphatic heterocycles. The smallest absolute Gasteiger partial charge is 0.398 e. The summed E-state index contributed by atoms with van der Waals surface area (Å²) in [6.07, 6.45) is -4.53. The molecule has 0 unspecified atom stereocenters. The monoisotopic (exact) mass is 408 g/mol. The lowest BCUT2D eigenvalue weighted by Crippen LogP contribution is -2.41. The minimum Gasteiger partial charge on any atom is -0.398 e. The Morgan fingerprint density at radius 3 is 2.26 bits per heavy atom. The van der Waals surface area contributed by atoms with Crippen LogP contribution in [-0.2, 0) is 14.0 Å². The lowest BCUT2D eigenvalue weighted by atomic mass is 9.82. The predicted molar refractivity (Wildman–Crippen MR) is 97.1 cm³/mol. The first-order chi connectivity index (χ1) is 12.3. The van der Waals surface area contributed by atoms with Crippen LogP contribution >= 0.6 is 11.6 Å². The molecule has 0 amide bonds. The molecule has 1 aromatic carbocycles. The molecule has 0 saturated carbocycles. The van der Waals surface area contributed by atoms with Crippen molar-refractivity contribution < 1.29 is 31.6 Å². The minimum absolute atomic E-state index is 0.0909. The lowest BCUT2D eigenvalue weighted by Gasteiger charge is -2.32. The van der Waals surface area contributed by atoms with E-state index in [1.807, 2.05) is 0 Å². The number of hydrogen-bond acceptors (Lipinski definition) is 3. The fourth-order valence-electron chi connectivity index (χ4n) is 2.53. The van der Waals surface area contributed by atoms with Crippen LogP contribution in [0.15, 0.2) is 30.0 Å². The maximum Gasteiger partial charge on any atom is 0.525 e. The first kappa shape index (κ1) is 22.2. The summed E-state index contributed by atoms with van der Waals surface area (Å²) in [4.78, 5) is 0. The van der Waals surface area contributed by atoms with Gasteiger partial charge in [0.1, 0.15) is 12.3 Å². The number of benzene rings is 1. The second-order valence-corrected chi connectivity index (χ2v) is 7.78. The van der Waals surface area contributed by atoms with Crippen molar-refractivity contribution in [3.05, 3.63) is 40.6 Å². The van der Waals surface area contributed by atoms with E-state index in [0.29, 0.717) is 10.6 Å². The lowest BCUT2D eigenvalue weighted by molar-refractivity contribution is -0.173. The fraction of sp³-hybridized carbons (Fsp3) is 0.556. The Hall–Kier alpha value is -1.09. The van der Waals surface area contributed by atoms with Crippen molar-refractivity contribution in [2.45, 2.75) is 51.5 Å². The van der Waals surface area contributed by atoms with Crippen molar-refractivity contribution in [3.8, 4) is 0 Å². The van der Waals surface area contributed by atoms with Crippen LogP contribution in [0.1, 0.15) is 39.7 Å². The molecule has 0 aliphatic carbocycles. The molecule has 0 aromatic heterocycles. The van der Waals surface area contributed by atoms with Gasteiger partial charge in [-0.1, -0.05) is 23.7 Å². The van der Waals surface area contributed by atoms with E-state index in [4.69, 9.17) is 20.9 Å². The summed E-state index contributed by atoms with van der Waals surface area (Å²) in [5, 5.41) is 0.378. The number of ether oxygens (including phenoxy) is 1. The number of halogens is 5. The summed E-state index contributed by atoms with van der Waals surface area (Å²) in [5.41, 5.74) is -1.63. The zero-order chi connectivity index (χ0) is 20.5. The van der Waals surface area contributed by atoms with E-state index in [-0.39, 0.29) is 18.6 Å². The second-order valence-electron chi connectivity index (χ2n) is 7.34. The number of hydrogen-bond donors (Lipinski definition) is 0. The highest BCUT2D eigenvalue weighted by atomic mass is 35.5. The minimum atomic E-state index is -4.44. The number of rotatable bonds is 6. The van der Waals surface area contributed by atoms with Gasteiger partial charge in [-0.15, -0.1) is 0 Å². The highest BCUT2D eigenvalue weighted by molar-refractivity contribution is 6.55. The van der Waals surface area contributed by atoms with Gasteiger partial charge in [-0.3, -0.25) is 0 Å². The molecule has 1 aliphatic rings. The summed E-state index contributed by atoms with van der Waals surface area (Å²) in [7, 11) is -1.26. The SMILES string of the molecule is CC1(C)OB(C(F)=C(CCOCC(F)(F)F)c2cccc(Cl)c2)OC1(C)C. The van der Waals surface area contributed by atoms with Crippen LogP contribution in [-0.4, -0.2) is 37.7 Å². The predicted octanol–water partition coefficient (Wildman–Crippen LogP) is 5.62. The second kappa shape index (κ2) is 8.11. The van der Waals surface area contributed by atoms with Crippen molar-refractivity contribution in [3.63, 3.8) is 0 Å². The van der Waals surface area contributed by atoms with Gasteiger partial charge >= 0.3 is 13.3 Å². The maximum absolute atomic E-state index is 15.2. The number of alkyl halides is 3. The Morgan fingerprint density at radius 2 is 1.74 bits per heavy atom. The largest absolute Gasteiger partial charge is 0.525 e. The highest BCUT2D eigenvalue weighted by Gasteiger charge is 2.53. The van der Waals surface area contributed by atoms with Gasteiger partial charge in [0.25, 0.3) is 0 Å². The Bertz CT molecular complexity index is 688. The molecule has 9 heteroatoms. The standard InChI is InChI=1S/C18H22BClF4O3/c1-16(2)17(3,4)27-19(26-16)15(21)14(8-9-25-11-18(22,23)24)12-6-5-7-13(20)10-12/h5-7,10H,8-9,11H2,1-4H3. The quantitative estimate of drug-likeness (QED) is 0.347. The topological polar surface area (TPSA) is 27.7 Å². The molecule has 3 nitrogen and oxygen atoms in total. The molecule has 27 heavy (non-hydrogen) atoms. The van der Waals surface area contributed by atoms with E-state index in [1.165, 1.54) is 6.07 Å². The van der Waals surface area contributed by atoms with Gasteiger partial charge in [0, 0.05) is 5.02 Å². The van der Waals surface area contributed by atoms with Crippen molar-refractivity contribution in [1.29, 1.82) is 0 Å². The van der Waals surface area contributed by atoms with E-state index < -0.39 is 36.8 Å². The van der Waals surface area contributed by atoms with Crippen LogP contribution in [0.25, 0.3) is 5.57 Å². The Kier molecular flexibility index (Phi) is 6.67. The van der Waals surface area contributed by atoms with Crippen LogP contribution in [0.4, 0.5) is 17.6 Å². The third-order valence-corrected chi connectivity index (χ3v) is 4.92. The molecule has 0 spiro atoms. The Morgan fingerprint density at radius 1 is 1.15 bits per heavy atom. The molecule has 1 heterocycles. The van der Waals surface area contributed by atoms with E-state index in [0.717, 1.165) is 0 Å². The molecule has 0 N–H and O–H groups in total. The van der Waals surface area contributed by atoms with Crippen molar-refractivity contribution >= 4 is 24.3 Å². The highest BCUT2D eigenvalue weighted by Crippen LogP contribution is 2.40. The third-order valence-electron chi connectivity index (χ3n) is 4.68. The van der Waals surface area contributed by atoms with Crippen molar-refractivity contribution in [1.82, 2.24) is 0 Å². The van der Waals surface area contributed by atoms with Gasteiger partial charge in [0.2, 0.25) is 0 Å². The van der Waals surface area contributed by atoms with Crippen LogP contribution in [0, 0.1) is 0 Å². The average Bonchev–Trinajstić information content (AvgIpc) is 2.74. The average molecular weight is 409 g/mol. The Balaban J connectivity index is 2.27. The molecule has 150 valence electrons. The molecule has 0 radical (unpaired) electrons. The maximum atomic E-state index is 15.2. The normalized spacial score (nSPS) is 20.0. The summed E-state index contributed by atoms with van der Waals surface area (Å²) >= 11 is 5.98. The van der Waals surface area contributed by atoms with Gasteiger partial charge < -0.3 is 14.0 Å². The van der Waals surface area contributed by atoms with E-state index >= 15 is 4.39 Å². The molecule has 1 saturated heterocycles. The van der Waals surface area contributed by atoms with E-state index in [1.54, 1.807) is 45.9 Å². The van der Waals surface area contributed by atoms with Crippen LogP contribution < -0.4 is 0 Å². The fourth-order valence-corrected chi connectivity index (χ4v) is 2.72. The van der Waals surface area contributed by atoms with Gasteiger partial charge in [0.05, 0.1) is 17.8 Å².